The highest BCUT2D eigenvalue weighted by Crippen LogP contribution is 2.30. The summed E-state index contributed by atoms with van der Waals surface area (Å²) in [7, 11) is 2.11. The van der Waals surface area contributed by atoms with E-state index in [1.807, 2.05) is 0 Å². The fourth-order valence-electron chi connectivity index (χ4n) is 4.49. The second-order valence-corrected chi connectivity index (χ2v) is 8.60. The molecule has 0 radical (unpaired) electrons. The zero-order chi connectivity index (χ0) is 23.2. The topological polar surface area (TPSA) is 73.9 Å². The number of nitrogens with one attached hydrogen (secondary N) is 2. The Balaban J connectivity index is 1.40. The molecule has 4 rings (SSSR count). The summed E-state index contributed by atoms with van der Waals surface area (Å²) in [5.41, 5.74) is 4.44. The molecule has 2 heterocycles. The van der Waals surface area contributed by atoms with E-state index >= 15 is 0 Å². The fraction of sp³-hybridized carbons (Fsp3) is 0.440. The van der Waals surface area contributed by atoms with Crippen LogP contribution < -0.4 is 15.5 Å². The lowest BCUT2D eigenvalue weighted by Gasteiger charge is -2.36. The highest BCUT2D eigenvalue weighted by Gasteiger charge is 2.26. The number of morpholine rings is 1. The molecule has 1 fully saturated rings. The Morgan fingerprint density at radius 1 is 1.03 bits per heavy atom. The van der Waals surface area contributed by atoms with Crippen LogP contribution in [0.1, 0.15) is 29.2 Å². The lowest BCUT2D eigenvalue weighted by Crippen LogP contribution is -2.46. The number of carbonyl (C=O) groups excluding carboxylic acids is 2. The standard InChI is InChI=1S/C25H31FN4O3/c1-29-10-2-3-19-15-20(6-9-22(19)29)23(30-11-13-33-14-12-30)17-28-25(32)24(31)27-16-18-4-7-21(26)8-5-18/h4-9,15,23H,2-3,10-14,16-17H2,1H3,(H,27,31)(H,28,32)/t23-/m1/s1. The maximum Gasteiger partial charge on any atom is 0.309 e. The van der Waals surface area contributed by atoms with Crippen LogP contribution in [0, 0.1) is 5.82 Å². The lowest BCUT2D eigenvalue weighted by atomic mass is 9.95. The van der Waals surface area contributed by atoms with E-state index in [4.69, 9.17) is 4.74 Å². The summed E-state index contributed by atoms with van der Waals surface area (Å²) in [5, 5.41) is 5.40. The van der Waals surface area contributed by atoms with E-state index < -0.39 is 11.8 Å². The van der Waals surface area contributed by atoms with Gasteiger partial charge in [-0.3, -0.25) is 14.5 Å². The summed E-state index contributed by atoms with van der Waals surface area (Å²) in [4.78, 5) is 29.4. The van der Waals surface area contributed by atoms with Crippen molar-refractivity contribution in [2.75, 3.05) is 51.3 Å². The summed E-state index contributed by atoms with van der Waals surface area (Å²) in [6, 6.07) is 12.3. The summed E-state index contributed by atoms with van der Waals surface area (Å²) >= 11 is 0. The van der Waals surface area contributed by atoms with Gasteiger partial charge in [0, 0.05) is 45.5 Å². The predicted molar refractivity (Wildman–Crippen MR) is 124 cm³/mol. The van der Waals surface area contributed by atoms with Gasteiger partial charge < -0.3 is 20.3 Å². The van der Waals surface area contributed by atoms with Gasteiger partial charge in [0.1, 0.15) is 5.82 Å². The van der Waals surface area contributed by atoms with Gasteiger partial charge in [-0.2, -0.15) is 0 Å². The van der Waals surface area contributed by atoms with Gasteiger partial charge in [-0.25, -0.2) is 4.39 Å². The molecule has 2 aromatic carbocycles. The molecule has 7 nitrogen and oxygen atoms in total. The quantitative estimate of drug-likeness (QED) is 0.654. The third kappa shape index (κ3) is 5.89. The Morgan fingerprint density at radius 2 is 1.76 bits per heavy atom. The molecule has 0 bridgehead atoms. The number of hydrogen-bond acceptors (Lipinski definition) is 5. The number of benzene rings is 2. The number of halogens is 1. The molecular weight excluding hydrogens is 423 g/mol. The van der Waals surface area contributed by atoms with E-state index in [2.05, 4.69) is 45.7 Å². The number of hydrogen-bond donors (Lipinski definition) is 2. The molecule has 1 saturated heterocycles. The zero-order valence-electron chi connectivity index (χ0n) is 19.0. The molecule has 2 aromatic rings. The molecular formula is C25H31FN4O3. The number of fused-ring (bicyclic) bond motifs is 1. The average molecular weight is 455 g/mol. The van der Waals surface area contributed by atoms with E-state index in [9.17, 15) is 14.0 Å². The number of rotatable bonds is 6. The van der Waals surface area contributed by atoms with Gasteiger partial charge in [0.05, 0.1) is 19.3 Å². The molecule has 0 aliphatic carbocycles. The van der Waals surface area contributed by atoms with Gasteiger partial charge in [-0.1, -0.05) is 24.3 Å². The van der Waals surface area contributed by atoms with Gasteiger partial charge in [0.25, 0.3) is 0 Å². The van der Waals surface area contributed by atoms with E-state index in [0.29, 0.717) is 19.8 Å². The van der Waals surface area contributed by atoms with Crippen molar-refractivity contribution in [3.05, 3.63) is 65.0 Å². The molecule has 0 saturated carbocycles. The van der Waals surface area contributed by atoms with Gasteiger partial charge in [-0.15, -0.1) is 0 Å². The Kier molecular flexibility index (Phi) is 7.57. The minimum absolute atomic E-state index is 0.0414. The van der Waals surface area contributed by atoms with Crippen molar-refractivity contribution in [3.63, 3.8) is 0 Å². The summed E-state index contributed by atoms with van der Waals surface area (Å²) < 4.78 is 18.5. The largest absolute Gasteiger partial charge is 0.379 e. The Bertz CT molecular complexity index is 976. The molecule has 8 heteroatoms. The summed E-state index contributed by atoms with van der Waals surface area (Å²) in [6.07, 6.45) is 2.17. The molecule has 0 aromatic heterocycles. The normalized spacial score (nSPS) is 17.2. The van der Waals surface area contributed by atoms with Crippen LogP contribution in [0.15, 0.2) is 42.5 Å². The average Bonchev–Trinajstić information content (AvgIpc) is 2.84. The number of amides is 2. The first kappa shape index (κ1) is 23.2. The second-order valence-electron chi connectivity index (χ2n) is 8.60. The SMILES string of the molecule is CN1CCCc2cc([C@@H](CNC(=O)C(=O)NCc3ccc(F)cc3)N3CCOCC3)ccc21. The van der Waals surface area contributed by atoms with Crippen molar-refractivity contribution in [2.24, 2.45) is 0 Å². The number of ether oxygens (including phenoxy) is 1. The number of anilines is 1. The molecule has 2 N–H and O–H groups in total. The van der Waals surface area contributed by atoms with Crippen LogP contribution in [-0.2, 0) is 27.3 Å². The maximum absolute atomic E-state index is 13.0. The smallest absolute Gasteiger partial charge is 0.309 e. The molecule has 0 unspecified atom stereocenters. The Morgan fingerprint density at radius 3 is 2.52 bits per heavy atom. The highest BCUT2D eigenvalue weighted by molar-refractivity contribution is 6.35. The van der Waals surface area contributed by atoms with Crippen molar-refractivity contribution >= 4 is 17.5 Å². The van der Waals surface area contributed by atoms with E-state index in [-0.39, 0.29) is 18.4 Å². The Labute approximate surface area is 193 Å². The minimum Gasteiger partial charge on any atom is -0.379 e. The van der Waals surface area contributed by atoms with Gasteiger partial charge in [0.2, 0.25) is 0 Å². The lowest BCUT2D eigenvalue weighted by molar-refractivity contribution is -0.139. The molecule has 176 valence electrons. The van der Waals surface area contributed by atoms with Crippen LogP contribution >= 0.6 is 0 Å². The van der Waals surface area contributed by atoms with Crippen LogP contribution in [-0.4, -0.2) is 63.2 Å². The van der Waals surface area contributed by atoms with Crippen LogP contribution in [0.3, 0.4) is 0 Å². The van der Waals surface area contributed by atoms with Gasteiger partial charge in [-0.05, 0) is 47.7 Å². The zero-order valence-corrected chi connectivity index (χ0v) is 19.0. The molecule has 33 heavy (non-hydrogen) atoms. The predicted octanol–water partition coefficient (Wildman–Crippen LogP) is 2.01. The van der Waals surface area contributed by atoms with Crippen molar-refractivity contribution in [1.29, 1.82) is 0 Å². The fourth-order valence-corrected chi connectivity index (χ4v) is 4.49. The highest BCUT2D eigenvalue weighted by atomic mass is 19.1. The van der Waals surface area contributed by atoms with Crippen molar-refractivity contribution in [1.82, 2.24) is 15.5 Å². The number of aryl methyl sites for hydroxylation is 1. The summed E-state index contributed by atoms with van der Waals surface area (Å²) in [6.45, 7) is 4.40. The third-order valence-corrected chi connectivity index (χ3v) is 6.35. The third-order valence-electron chi connectivity index (χ3n) is 6.35. The van der Waals surface area contributed by atoms with Gasteiger partial charge in [0.15, 0.2) is 0 Å². The van der Waals surface area contributed by atoms with E-state index in [1.165, 1.54) is 23.4 Å². The maximum atomic E-state index is 13.0. The van der Waals surface area contributed by atoms with Crippen molar-refractivity contribution < 1.29 is 18.7 Å². The molecule has 2 aliphatic rings. The first-order valence-electron chi connectivity index (χ1n) is 11.5. The van der Waals surface area contributed by atoms with Crippen LogP contribution in [0.5, 0.6) is 0 Å². The molecule has 0 spiro atoms. The van der Waals surface area contributed by atoms with E-state index in [0.717, 1.165) is 43.6 Å². The second kappa shape index (κ2) is 10.8. The van der Waals surface area contributed by atoms with Crippen LogP contribution in [0.4, 0.5) is 10.1 Å². The first-order valence-corrected chi connectivity index (χ1v) is 11.5. The summed E-state index contributed by atoms with van der Waals surface area (Å²) in [5.74, 6) is -1.72. The van der Waals surface area contributed by atoms with Crippen LogP contribution in [0.2, 0.25) is 0 Å². The molecule has 1 atom stereocenters. The van der Waals surface area contributed by atoms with Crippen molar-refractivity contribution in [2.45, 2.75) is 25.4 Å². The van der Waals surface area contributed by atoms with Gasteiger partial charge >= 0.3 is 11.8 Å². The van der Waals surface area contributed by atoms with Crippen LogP contribution in [0.25, 0.3) is 0 Å². The minimum atomic E-state index is -0.702. The Hall–Kier alpha value is -2.97. The first-order chi connectivity index (χ1) is 16.0. The van der Waals surface area contributed by atoms with Crippen molar-refractivity contribution in [3.8, 4) is 0 Å². The monoisotopic (exact) mass is 454 g/mol. The molecule has 2 amide bonds. The number of carbonyl (C=O) groups is 2. The number of nitrogens with zero attached hydrogens (tertiary/aromatic N) is 2. The molecule has 2 aliphatic heterocycles. The van der Waals surface area contributed by atoms with E-state index in [1.54, 1.807) is 12.1 Å².